The van der Waals surface area contributed by atoms with Gasteiger partial charge in [-0.25, -0.2) is 4.79 Å². The lowest BCUT2D eigenvalue weighted by Gasteiger charge is -2.37. The van der Waals surface area contributed by atoms with Crippen LogP contribution in [-0.2, 0) is 9.53 Å². The van der Waals surface area contributed by atoms with Crippen molar-refractivity contribution in [3.63, 3.8) is 0 Å². The topological polar surface area (TPSA) is 127 Å². The molecule has 7 heteroatoms. The minimum atomic E-state index is -2.64. The molecule has 1 saturated heterocycles. The molecule has 76 valence electrons. The smallest absolute Gasteiger partial charge is 0.364 e. The van der Waals surface area contributed by atoms with Crippen LogP contribution >= 0.6 is 0 Å². The van der Waals surface area contributed by atoms with E-state index >= 15 is 0 Å². The van der Waals surface area contributed by atoms with Crippen LogP contribution in [0.3, 0.4) is 0 Å². The number of carboxylic acid groups (broad SMARTS) is 1. The second-order valence-corrected chi connectivity index (χ2v) is 2.86. The Balaban J connectivity index is 2.79. The number of carboxylic acids is 1. The van der Waals surface area contributed by atoms with Crippen LogP contribution in [0.15, 0.2) is 0 Å². The second-order valence-electron chi connectivity index (χ2n) is 2.86. The van der Waals surface area contributed by atoms with Crippen LogP contribution in [0.2, 0.25) is 0 Å². The minimum absolute atomic E-state index is 0.694. The van der Waals surface area contributed by atoms with Crippen molar-refractivity contribution >= 4 is 5.97 Å². The zero-order valence-corrected chi connectivity index (χ0v) is 6.49. The fourth-order valence-corrected chi connectivity index (χ4v) is 1.05. The van der Waals surface area contributed by atoms with Gasteiger partial charge in [-0.1, -0.05) is 0 Å². The van der Waals surface area contributed by atoms with Gasteiger partial charge in [-0.05, 0) is 0 Å². The largest absolute Gasteiger partial charge is 0.477 e. The molecule has 0 unspecified atom stereocenters. The Morgan fingerprint density at radius 1 is 1.38 bits per heavy atom. The van der Waals surface area contributed by atoms with Crippen molar-refractivity contribution in [3.8, 4) is 0 Å². The number of ether oxygens (including phenoxy) is 1. The number of aliphatic hydroxyl groups is 4. The Bertz CT molecular complexity index is 203. The third kappa shape index (κ3) is 1.79. The number of hydrogen-bond acceptors (Lipinski definition) is 6. The Morgan fingerprint density at radius 3 is 2.31 bits per heavy atom. The first-order valence-electron chi connectivity index (χ1n) is 3.54. The fraction of sp³-hybridized carbons (Fsp3) is 0.833. The van der Waals surface area contributed by atoms with Crippen LogP contribution in [-0.4, -0.2) is 55.8 Å². The molecule has 0 saturated carbocycles. The molecule has 0 aliphatic carbocycles. The van der Waals surface area contributed by atoms with Crippen LogP contribution < -0.4 is 0 Å². The van der Waals surface area contributed by atoms with Gasteiger partial charge in [0.25, 0.3) is 5.79 Å². The molecule has 0 aromatic rings. The molecule has 0 aromatic heterocycles. The quantitative estimate of drug-likeness (QED) is 0.305. The van der Waals surface area contributed by atoms with Gasteiger partial charge >= 0.3 is 5.97 Å². The first-order chi connectivity index (χ1) is 5.87. The molecule has 13 heavy (non-hydrogen) atoms. The van der Waals surface area contributed by atoms with Gasteiger partial charge in [0.15, 0.2) is 6.29 Å². The van der Waals surface area contributed by atoms with Gasteiger partial charge in [0.1, 0.15) is 6.10 Å². The average molecular weight is 194 g/mol. The van der Waals surface area contributed by atoms with Gasteiger partial charge in [-0.15, -0.1) is 0 Å². The molecule has 5 N–H and O–H groups in total. The van der Waals surface area contributed by atoms with Crippen molar-refractivity contribution in [1.82, 2.24) is 0 Å². The molecular weight excluding hydrogens is 184 g/mol. The van der Waals surface area contributed by atoms with Gasteiger partial charge < -0.3 is 30.3 Å². The predicted octanol–water partition coefficient (Wildman–Crippen LogP) is -2.78. The Morgan fingerprint density at radius 2 is 1.92 bits per heavy atom. The summed E-state index contributed by atoms with van der Waals surface area (Å²) in [6.07, 6.45) is -5.75. The molecule has 0 amide bonds. The average Bonchev–Trinajstić information content (AvgIpc) is 2.00. The summed E-state index contributed by atoms with van der Waals surface area (Å²) in [5, 5.41) is 44.4. The maximum absolute atomic E-state index is 10.4. The van der Waals surface area contributed by atoms with E-state index in [9.17, 15) is 4.79 Å². The molecule has 0 spiro atoms. The van der Waals surface area contributed by atoms with Crippen molar-refractivity contribution < 1.29 is 35.1 Å². The lowest BCUT2D eigenvalue weighted by atomic mass is 10.00. The molecule has 1 aliphatic heterocycles. The van der Waals surface area contributed by atoms with Crippen LogP contribution in [0.4, 0.5) is 0 Å². The van der Waals surface area contributed by atoms with Crippen molar-refractivity contribution in [2.75, 3.05) is 0 Å². The Labute approximate surface area is 72.8 Å². The number of hydrogen-bond donors (Lipinski definition) is 5. The van der Waals surface area contributed by atoms with Crippen LogP contribution in [0, 0.1) is 0 Å². The summed E-state index contributed by atoms with van der Waals surface area (Å²) in [5.41, 5.74) is 0. The Hall–Kier alpha value is -0.730. The molecule has 0 radical (unpaired) electrons. The maximum Gasteiger partial charge on any atom is 0.364 e. The first-order valence-corrected chi connectivity index (χ1v) is 3.54. The minimum Gasteiger partial charge on any atom is -0.477 e. The molecule has 7 nitrogen and oxygen atoms in total. The van der Waals surface area contributed by atoms with Crippen molar-refractivity contribution in [2.45, 2.75) is 30.7 Å². The number of aliphatic hydroxyl groups excluding tert-OH is 3. The summed E-state index contributed by atoms with van der Waals surface area (Å²) in [4.78, 5) is 10.4. The van der Waals surface area contributed by atoms with Crippen molar-refractivity contribution in [3.05, 3.63) is 0 Å². The molecule has 0 bridgehead atoms. The highest BCUT2D eigenvalue weighted by Crippen LogP contribution is 2.26. The molecule has 1 fully saturated rings. The summed E-state index contributed by atoms with van der Waals surface area (Å²) < 4.78 is 4.22. The zero-order chi connectivity index (χ0) is 10.2. The van der Waals surface area contributed by atoms with E-state index in [2.05, 4.69) is 4.74 Å². The van der Waals surface area contributed by atoms with Gasteiger partial charge in [-0.2, -0.15) is 0 Å². The Kier molecular flexibility index (Phi) is 2.55. The van der Waals surface area contributed by atoms with Gasteiger partial charge in [-0.3, -0.25) is 0 Å². The SMILES string of the molecule is O=C(O)[C@]1(O)C[C@H](O)[C@@H](O)[C@@H](O)O1. The van der Waals surface area contributed by atoms with E-state index in [-0.39, 0.29) is 0 Å². The summed E-state index contributed by atoms with van der Waals surface area (Å²) in [5.74, 6) is -4.37. The van der Waals surface area contributed by atoms with E-state index in [0.717, 1.165) is 0 Å². The van der Waals surface area contributed by atoms with E-state index in [4.69, 9.17) is 25.5 Å². The molecule has 4 atom stereocenters. The normalized spacial score (nSPS) is 46.0. The fourth-order valence-electron chi connectivity index (χ4n) is 1.05. The monoisotopic (exact) mass is 194 g/mol. The van der Waals surface area contributed by atoms with Crippen LogP contribution in [0.25, 0.3) is 0 Å². The van der Waals surface area contributed by atoms with E-state index in [1.165, 1.54) is 0 Å². The van der Waals surface area contributed by atoms with E-state index in [1.54, 1.807) is 0 Å². The highest BCUT2D eigenvalue weighted by Gasteiger charge is 2.49. The van der Waals surface area contributed by atoms with Crippen molar-refractivity contribution in [1.29, 1.82) is 0 Å². The zero-order valence-electron chi connectivity index (χ0n) is 6.49. The highest BCUT2D eigenvalue weighted by molar-refractivity contribution is 5.75. The summed E-state index contributed by atoms with van der Waals surface area (Å²) in [6, 6.07) is 0. The summed E-state index contributed by atoms with van der Waals surface area (Å²) in [6.45, 7) is 0. The van der Waals surface area contributed by atoms with Gasteiger partial charge in [0, 0.05) is 6.42 Å². The first kappa shape index (κ1) is 10.4. The maximum atomic E-state index is 10.4. The van der Waals surface area contributed by atoms with Gasteiger partial charge in [0.05, 0.1) is 6.10 Å². The summed E-state index contributed by atoms with van der Waals surface area (Å²) >= 11 is 0. The number of rotatable bonds is 1. The number of aliphatic carboxylic acids is 1. The third-order valence-electron chi connectivity index (χ3n) is 1.82. The van der Waals surface area contributed by atoms with Crippen LogP contribution in [0.5, 0.6) is 0 Å². The molecular formula is C6H10O7. The molecule has 1 heterocycles. The highest BCUT2D eigenvalue weighted by atomic mass is 16.7. The number of carbonyl (C=O) groups is 1. The summed E-state index contributed by atoms with van der Waals surface area (Å²) in [7, 11) is 0. The lowest BCUT2D eigenvalue weighted by Crippen LogP contribution is -2.58. The van der Waals surface area contributed by atoms with Gasteiger partial charge in [0.2, 0.25) is 0 Å². The van der Waals surface area contributed by atoms with E-state index < -0.39 is 36.7 Å². The molecule has 0 aromatic carbocycles. The standard InChI is InChI=1S/C6H10O7/c7-2-1-6(12,5(10)11)13-4(9)3(2)8/h2-4,7-9,12H,1H2,(H,10,11)/t2-,3+,4-,6-/m0/s1. The van der Waals surface area contributed by atoms with Crippen molar-refractivity contribution in [2.24, 2.45) is 0 Å². The van der Waals surface area contributed by atoms with Crippen LogP contribution in [0.1, 0.15) is 6.42 Å². The van der Waals surface area contributed by atoms with E-state index in [1.807, 2.05) is 0 Å². The lowest BCUT2D eigenvalue weighted by molar-refractivity contribution is -0.337. The molecule has 1 aliphatic rings. The predicted molar refractivity (Wildman–Crippen MR) is 36.3 cm³/mol. The third-order valence-corrected chi connectivity index (χ3v) is 1.82. The molecule has 1 rings (SSSR count). The second kappa shape index (κ2) is 3.20. The van der Waals surface area contributed by atoms with E-state index in [0.29, 0.717) is 0 Å².